The Morgan fingerprint density at radius 1 is 1.36 bits per heavy atom. The van der Waals surface area contributed by atoms with E-state index in [-0.39, 0.29) is 6.10 Å². The van der Waals surface area contributed by atoms with Crippen molar-refractivity contribution in [2.24, 2.45) is 5.92 Å². The molecule has 1 aliphatic carbocycles. The van der Waals surface area contributed by atoms with Crippen molar-refractivity contribution in [1.29, 1.82) is 0 Å². The number of hydrogen-bond acceptors (Lipinski definition) is 2. The van der Waals surface area contributed by atoms with Crippen molar-refractivity contribution in [1.82, 2.24) is 0 Å². The van der Waals surface area contributed by atoms with Crippen LogP contribution >= 0.6 is 0 Å². The van der Waals surface area contributed by atoms with Crippen molar-refractivity contribution in [2.75, 3.05) is 7.11 Å². The van der Waals surface area contributed by atoms with Crippen LogP contribution in [0.5, 0.6) is 5.75 Å². The van der Waals surface area contributed by atoms with E-state index >= 15 is 0 Å². The zero-order valence-corrected chi connectivity index (χ0v) is 8.44. The Morgan fingerprint density at radius 3 is 2.50 bits per heavy atom. The highest BCUT2D eigenvalue weighted by atomic mass is 16.5. The number of phenols is 1. The summed E-state index contributed by atoms with van der Waals surface area (Å²) in [7, 11) is 1.75. The lowest BCUT2D eigenvalue weighted by Gasteiger charge is -2.15. The molecule has 1 N–H and O–H groups in total. The first kappa shape index (κ1) is 9.53. The topological polar surface area (TPSA) is 29.5 Å². The molecule has 1 aromatic carbocycles. The van der Waals surface area contributed by atoms with E-state index in [9.17, 15) is 0 Å². The molecule has 1 aliphatic rings. The molecule has 0 bridgehead atoms. The van der Waals surface area contributed by atoms with Gasteiger partial charge in [0.15, 0.2) is 0 Å². The largest absolute Gasteiger partial charge is 0.508 e. The fourth-order valence-corrected chi connectivity index (χ4v) is 1.71. The van der Waals surface area contributed by atoms with Gasteiger partial charge in [0.2, 0.25) is 0 Å². The summed E-state index contributed by atoms with van der Waals surface area (Å²) in [5.41, 5.74) is 1.16. The van der Waals surface area contributed by atoms with Crippen LogP contribution in [0.3, 0.4) is 0 Å². The third-order valence-corrected chi connectivity index (χ3v) is 2.79. The molecule has 2 rings (SSSR count). The molecule has 0 aromatic heterocycles. The monoisotopic (exact) mass is 192 g/mol. The summed E-state index contributed by atoms with van der Waals surface area (Å²) in [6.07, 6.45) is 4.00. The van der Waals surface area contributed by atoms with Gasteiger partial charge in [-0.25, -0.2) is 0 Å². The molecule has 1 fully saturated rings. The molecule has 0 amide bonds. The molecule has 1 atom stereocenters. The standard InChI is InChI=1S/C12H16O2/c1-14-12(8-9-2-3-9)10-4-6-11(13)7-5-10/h4-7,9,12-13H,2-3,8H2,1H3. The fraction of sp³-hybridized carbons (Fsp3) is 0.500. The molecule has 1 unspecified atom stereocenters. The van der Waals surface area contributed by atoms with Gasteiger partial charge < -0.3 is 9.84 Å². The summed E-state index contributed by atoms with van der Waals surface area (Å²) >= 11 is 0. The summed E-state index contributed by atoms with van der Waals surface area (Å²) < 4.78 is 5.45. The molecule has 0 spiro atoms. The van der Waals surface area contributed by atoms with E-state index in [1.165, 1.54) is 12.8 Å². The average molecular weight is 192 g/mol. The smallest absolute Gasteiger partial charge is 0.115 e. The molecule has 0 saturated heterocycles. The third kappa shape index (κ3) is 2.26. The van der Waals surface area contributed by atoms with E-state index in [1.807, 2.05) is 12.1 Å². The van der Waals surface area contributed by atoms with Crippen molar-refractivity contribution in [2.45, 2.75) is 25.4 Å². The van der Waals surface area contributed by atoms with Crippen molar-refractivity contribution < 1.29 is 9.84 Å². The Morgan fingerprint density at radius 2 is 2.00 bits per heavy atom. The minimum Gasteiger partial charge on any atom is -0.508 e. The van der Waals surface area contributed by atoms with Crippen molar-refractivity contribution >= 4 is 0 Å². The Hall–Kier alpha value is -1.02. The molecule has 76 valence electrons. The maximum atomic E-state index is 9.16. The number of phenolic OH excluding ortho intramolecular Hbond substituents is 1. The van der Waals surface area contributed by atoms with Crippen LogP contribution < -0.4 is 0 Å². The molecule has 2 heteroatoms. The second-order valence-corrected chi connectivity index (χ2v) is 3.99. The van der Waals surface area contributed by atoms with Crippen LogP contribution in [0, 0.1) is 5.92 Å². The van der Waals surface area contributed by atoms with Gasteiger partial charge in [-0.1, -0.05) is 25.0 Å². The van der Waals surface area contributed by atoms with Gasteiger partial charge >= 0.3 is 0 Å². The highest BCUT2D eigenvalue weighted by molar-refractivity contribution is 5.27. The molecule has 0 aliphatic heterocycles. The van der Waals surface area contributed by atoms with E-state index in [0.29, 0.717) is 5.75 Å². The summed E-state index contributed by atoms with van der Waals surface area (Å²) in [6, 6.07) is 7.31. The van der Waals surface area contributed by atoms with Gasteiger partial charge in [-0.15, -0.1) is 0 Å². The lowest BCUT2D eigenvalue weighted by Crippen LogP contribution is -2.02. The first-order chi connectivity index (χ1) is 6.79. The van der Waals surface area contributed by atoms with Crippen LogP contribution in [0.15, 0.2) is 24.3 Å². The molecule has 2 nitrogen and oxygen atoms in total. The highest BCUT2D eigenvalue weighted by Crippen LogP contribution is 2.38. The quantitative estimate of drug-likeness (QED) is 0.794. The Kier molecular flexibility index (Phi) is 2.73. The minimum atomic E-state index is 0.197. The number of aromatic hydroxyl groups is 1. The normalized spacial score (nSPS) is 18.1. The zero-order valence-electron chi connectivity index (χ0n) is 8.44. The second-order valence-electron chi connectivity index (χ2n) is 3.99. The first-order valence-electron chi connectivity index (χ1n) is 5.11. The molecule has 0 radical (unpaired) electrons. The Labute approximate surface area is 84.5 Å². The number of methoxy groups -OCH3 is 1. The number of benzene rings is 1. The third-order valence-electron chi connectivity index (χ3n) is 2.79. The molecule has 1 saturated carbocycles. The van der Waals surface area contributed by atoms with Gasteiger partial charge in [0.05, 0.1) is 6.10 Å². The van der Waals surface area contributed by atoms with Crippen LogP contribution in [0.2, 0.25) is 0 Å². The lowest BCUT2D eigenvalue weighted by molar-refractivity contribution is 0.0906. The molecule has 0 heterocycles. The predicted molar refractivity (Wildman–Crippen MR) is 55.2 cm³/mol. The summed E-state index contributed by atoms with van der Waals surface area (Å²) in [4.78, 5) is 0. The Balaban J connectivity index is 2.05. The van der Waals surface area contributed by atoms with E-state index in [2.05, 4.69) is 0 Å². The van der Waals surface area contributed by atoms with Gasteiger partial charge in [0, 0.05) is 7.11 Å². The first-order valence-corrected chi connectivity index (χ1v) is 5.11. The van der Waals surface area contributed by atoms with Crippen molar-refractivity contribution in [3.05, 3.63) is 29.8 Å². The van der Waals surface area contributed by atoms with E-state index in [4.69, 9.17) is 9.84 Å². The van der Waals surface area contributed by atoms with Crippen molar-refractivity contribution in [3.8, 4) is 5.75 Å². The van der Waals surface area contributed by atoms with Crippen LogP contribution in [0.1, 0.15) is 30.9 Å². The van der Waals surface area contributed by atoms with E-state index in [1.54, 1.807) is 19.2 Å². The highest BCUT2D eigenvalue weighted by Gasteiger charge is 2.26. The van der Waals surface area contributed by atoms with Gasteiger partial charge in [0.1, 0.15) is 5.75 Å². The fourth-order valence-electron chi connectivity index (χ4n) is 1.71. The zero-order chi connectivity index (χ0) is 9.97. The summed E-state index contributed by atoms with van der Waals surface area (Å²) in [6.45, 7) is 0. The minimum absolute atomic E-state index is 0.197. The summed E-state index contributed by atoms with van der Waals surface area (Å²) in [5, 5.41) is 9.16. The maximum Gasteiger partial charge on any atom is 0.115 e. The van der Waals surface area contributed by atoms with Gasteiger partial charge in [0.25, 0.3) is 0 Å². The number of hydrogen-bond donors (Lipinski definition) is 1. The van der Waals surface area contributed by atoms with Crippen molar-refractivity contribution in [3.63, 3.8) is 0 Å². The van der Waals surface area contributed by atoms with Crippen LogP contribution in [-0.2, 0) is 4.74 Å². The second kappa shape index (κ2) is 4.01. The maximum absolute atomic E-state index is 9.16. The van der Waals surface area contributed by atoms with E-state index in [0.717, 1.165) is 17.9 Å². The van der Waals surface area contributed by atoms with Crippen LogP contribution in [0.4, 0.5) is 0 Å². The average Bonchev–Trinajstić information content (AvgIpc) is 3.00. The predicted octanol–water partition coefficient (Wildman–Crippen LogP) is 2.88. The Bertz CT molecular complexity index is 288. The van der Waals surface area contributed by atoms with E-state index < -0.39 is 0 Å². The molecular weight excluding hydrogens is 176 g/mol. The summed E-state index contributed by atoms with van der Waals surface area (Å²) in [5.74, 6) is 1.17. The number of rotatable bonds is 4. The van der Waals surface area contributed by atoms with Gasteiger partial charge in [-0.2, -0.15) is 0 Å². The van der Waals surface area contributed by atoms with Gasteiger partial charge in [-0.3, -0.25) is 0 Å². The lowest BCUT2D eigenvalue weighted by atomic mass is 10.0. The number of ether oxygens (including phenoxy) is 1. The molecule has 14 heavy (non-hydrogen) atoms. The van der Waals surface area contributed by atoms with Crippen LogP contribution in [-0.4, -0.2) is 12.2 Å². The van der Waals surface area contributed by atoms with Crippen LogP contribution in [0.25, 0.3) is 0 Å². The molecular formula is C12H16O2. The van der Waals surface area contributed by atoms with Gasteiger partial charge in [-0.05, 0) is 30.0 Å². The SMILES string of the molecule is COC(CC1CC1)c1ccc(O)cc1. The molecule has 1 aromatic rings.